The number of anilines is 1. The van der Waals surface area contributed by atoms with Crippen molar-refractivity contribution in [1.29, 1.82) is 0 Å². The van der Waals surface area contributed by atoms with Crippen LogP contribution in [0.15, 0.2) is 29.1 Å². The first kappa shape index (κ1) is 22.0. The highest BCUT2D eigenvalue weighted by molar-refractivity contribution is 7.92. The van der Waals surface area contributed by atoms with Crippen LogP contribution in [0, 0.1) is 0 Å². The maximum absolute atomic E-state index is 12.9. The molecule has 2 heterocycles. The van der Waals surface area contributed by atoms with Gasteiger partial charge in [0.25, 0.3) is 11.8 Å². The number of sulfonamides is 1. The fraction of sp³-hybridized carbons (Fsp3) is 0.421. The average molecular weight is 455 g/mol. The van der Waals surface area contributed by atoms with E-state index in [0.717, 1.165) is 0 Å². The number of nitrogens with one attached hydrogen (secondary N) is 1. The van der Waals surface area contributed by atoms with Gasteiger partial charge in [-0.3, -0.25) is 14.3 Å². The number of hydrogen-bond acceptors (Lipinski definition) is 7. The largest absolute Gasteiger partial charge is 0.495 e. The molecule has 0 atom stereocenters. The number of hydrogen-bond donors (Lipinski definition) is 1. The fourth-order valence-corrected chi connectivity index (χ4v) is 4.84. The Morgan fingerprint density at radius 3 is 2.43 bits per heavy atom. The van der Waals surface area contributed by atoms with Crippen molar-refractivity contribution in [3.05, 3.63) is 40.3 Å². The van der Waals surface area contributed by atoms with Crippen molar-refractivity contribution in [1.82, 2.24) is 14.8 Å². The van der Waals surface area contributed by atoms with Gasteiger partial charge in [-0.2, -0.15) is 0 Å². The standard InChI is InChI=1S/C19H24N4O5S2.H2/c1-3-10-30(26,27)21-15-5-4-14(11-17(15)28-2)18(24)22-6-8-23(9-7-22)19(25)16-12-29-13-20-16;/h4-5,11-13,21H,3,6-10H2,1-2H3;1H. The normalized spacial score (nSPS) is 14.5. The van der Waals surface area contributed by atoms with Crippen molar-refractivity contribution < 1.29 is 24.2 Å². The second-order valence-electron chi connectivity index (χ2n) is 6.79. The fourth-order valence-electron chi connectivity index (χ4n) is 3.17. The van der Waals surface area contributed by atoms with Crippen molar-refractivity contribution in [2.24, 2.45) is 0 Å². The molecule has 9 nitrogen and oxygen atoms in total. The van der Waals surface area contributed by atoms with Gasteiger partial charge >= 0.3 is 0 Å². The van der Waals surface area contributed by atoms with Crippen molar-refractivity contribution in [3.8, 4) is 5.75 Å². The molecule has 1 saturated heterocycles. The van der Waals surface area contributed by atoms with Crippen LogP contribution >= 0.6 is 11.3 Å². The first-order chi connectivity index (χ1) is 14.3. The molecular weight excluding hydrogens is 428 g/mol. The minimum Gasteiger partial charge on any atom is -0.495 e. The van der Waals surface area contributed by atoms with Gasteiger partial charge in [0.2, 0.25) is 10.0 Å². The van der Waals surface area contributed by atoms with E-state index in [0.29, 0.717) is 49.5 Å². The van der Waals surface area contributed by atoms with E-state index < -0.39 is 10.0 Å². The third-order valence-corrected chi connectivity index (χ3v) is 6.76. The lowest BCUT2D eigenvalue weighted by Gasteiger charge is -2.34. The number of methoxy groups -OCH3 is 1. The maximum atomic E-state index is 12.9. The van der Waals surface area contributed by atoms with Gasteiger partial charge in [0.1, 0.15) is 11.4 Å². The number of amides is 2. The number of aromatic nitrogens is 1. The smallest absolute Gasteiger partial charge is 0.273 e. The molecule has 0 spiro atoms. The molecule has 1 aliphatic rings. The van der Waals surface area contributed by atoms with Crippen LogP contribution in [0.1, 0.15) is 35.6 Å². The van der Waals surface area contributed by atoms with Gasteiger partial charge < -0.3 is 14.5 Å². The van der Waals surface area contributed by atoms with Crippen molar-refractivity contribution >= 4 is 38.9 Å². The summed E-state index contributed by atoms with van der Waals surface area (Å²) >= 11 is 1.37. The summed E-state index contributed by atoms with van der Waals surface area (Å²) in [7, 11) is -2.05. The van der Waals surface area contributed by atoms with E-state index >= 15 is 0 Å². The summed E-state index contributed by atoms with van der Waals surface area (Å²) < 4.78 is 31.8. The quantitative estimate of drug-likeness (QED) is 0.687. The number of piperazine rings is 1. The number of thiazole rings is 1. The lowest BCUT2D eigenvalue weighted by molar-refractivity contribution is 0.0532. The van der Waals surface area contributed by atoms with Crippen molar-refractivity contribution in [2.75, 3.05) is 43.8 Å². The van der Waals surface area contributed by atoms with E-state index in [2.05, 4.69) is 9.71 Å². The van der Waals surface area contributed by atoms with Gasteiger partial charge in [0, 0.05) is 38.5 Å². The SMILES string of the molecule is CCCS(=O)(=O)Nc1ccc(C(=O)N2CCN(C(=O)c3cscn3)CC2)cc1OC.[HH]. The average Bonchev–Trinajstić information content (AvgIpc) is 3.27. The zero-order chi connectivity index (χ0) is 21.7. The predicted molar refractivity (Wildman–Crippen MR) is 117 cm³/mol. The molecule has 1 aromatic carbocycles. The number of carbonyl (C=O) groups excluding carboxylic acids is 2. The van der Waals surface area contributed by atoms with E-state index in [1.807, 2.05) is 0 Å². The van der Waals surface area contributed by atoms with Crippen LogP contribution in [-0.4, -0.2) is 74.1 Å². The molecule has 0 radical (unpaired) electrons. The van der Waals surface area contributed by atoms with Crippen LogP contribution in [-0.2, 0) is 10.0 Å². The van der Waals surface area contributed by atoms with Crippen LogP contribution in [0.2, 0.25) is 0 Å². The molecule has 1 fully saturated rings. The molecule has 1 aromatic heterocycles. The first-order valence-electron chi connectivity index (χ1n) is 9.50. The molecule has 0 saturated carbocycles. The molecule has 2 amide bonds. The van der Waals surface area contributed by atoms with E-state index in [1.165, 1.54) is 30.6 Å². The zero-order valence-corrected chi connectivity index (χ0v) is 18.5. The summed E-state index contributed by atoms with van der Waals surface area (Å²) in [5.41, 5.74) is 2.73. The summed E-state index contributed by atoms with van der Waals surface area (Å²) in [6, 6.07) is 4.63. The van der Waals surface area contributed by atoms with E-state index in [4.69, 9.17) is 4.74 Å². The van der Waals surface area contributed by atoms with Gasteiger partial charge in [0.05, 0.1) is 24.1 Å². The Morgan fingerprint density at radius 2 is 1.87 bits per heavy atom. The number of ether oxygens (including phenoxy) is 1. The Kier molecular flexibility index (Phi) is 6.93. The topological polar surface area (TPSA) is 109 Å². The lowest BCUT2D eigenvalue weighted by atomic mass is 10.1. The summed E-state index contributed by atoms with van der Waals surface area (Å²) in [6.07, 6.45) is 0.491. The number of benzene rings is 1. The van der Waals surface area contributed by atoms with Crippen molar-refractivity contribution in [3.63, 3.8) is 0 Å². The molecule has 3 rings (SSSR count). The Labute approximate surface area is 181 Å². The number of rotatable bonds is 7. The van der Waals surface area contributed by atoms with Gasteiger partial charge in [0.15, 0.2) is 0 Å². The predicted octanol–water partition coefficient (Wildman–Crippen LogP) is 2.15. The van der Waals surface area contributed by atoms with Crippen LogP contribution in [0.4, 0.5) is 5.69 Å². The number of nitrogens with zero attached hydrogens (tertiary/aromatic N) is 3. The second kappa shape index (κ2) is 9.43. The van der Waals surface area contributed by atoms with E-state index in [9.17, 15) is 18.0 Å². The molecular formula is C19H26N4O5S2. The monoisotopic (exact) mass is 454 g/mol. The molecule has 0 bridgehead atoms. The second-order valence-corrected chi connectivity index (χ2v) is 9.35. The maximum Gasteiger partial charge on any atom is 0.273 e. The summed E-state index contributed by atoms with van der Waals surface area (Å²) in [5, 5.41) is 1.71. The zero-order valence-electron chi connectivity index (χ0n) is 16.8. The van der Waals surface area contributed by atoms with E-state index in [1.54, 1.807) is 33.7 Å². The summed E-state index contributed by atoms with van der Waals surface area (Å²) in [6.45, 7) is 3.44. The van der Waals surface area contributed by atoms with Crippen LogP contribution in [0.5, 0.6) is 5.75 Å². The van der Waals surface area contributed by atoms with Crippen LogP contribution in [0.25, 0.3) is 0 Å². The third kappa shape index (κ3) is 5.08. The Bertz CT molecular complexity index is 1010. The minimum absolute atomic E-state index is 0. The summed E-state index contributed by atoms with van der Waals surface area (Å²) in [5.74, 6) is -0.0515. The van der Waals surface area contributed by atoms with Gasteiger partial charge in [-0.25, -0.2) is 13.4 Å². The van der Waals surface area contributed by atoms with Crippen LogP contribution in [0.3, 0.4) is 0 Å². The van der Waals surface area contributed by atoms with Gasteiger partial charge in [-0.05, 0) is 24.6 Å². The third-order valence-electron chi connectivity index (χ3n) is 4.69. The molecule has 30 heavy (non-hydrogen) atoms. The Morgan fingerprint density at radius 1 is 1.20 bits per heavy atom. The first-order valence-corrected chi connectivity index (χ1v) is 12.1. The Balaban J connectivity index is 0.00000341. The minimum atomic E-state index is -3.47. The molecule has 1 aliphatic heterocycles. The van der Waals surface area contributed by atoms with E-state index in [-0.39, 0.29) is 24.7 Å². The molecule has 0 aliphatic carbocycles. The van der Waals surface area contributed by atoms with Crippen molar-refractivity contribution in [2.45, 2.75) is 13.3 Å². The lowest BCUT2D eigenvalue weighted by Crippen LogP contribution is -2.50. The highest BCUT2D eigenvalue weighted by Crippen LogP contribution is 2.27. The van der Waals surface area contributed by atoms with Crippen LogP contribution < -0.4 is 9.46 Å². The summed E-state index contributed by atoms with van der Waals surface area (Å²) in [4.78, 5) is 32.7. The number of carbonyl (C=O) groups is 2. The highest BCUT2D eigenvalue weighted by Gasteiger charge is 2.27. The Hall–Kier alpha value is -2.66. The van der Waals surface area contributed by atoms with Gasteiger partial charge in [-0.15, -0.1) is 11.3 Å². The highest BCUT2D eigenvalue weighted by atomic mass is 32.2. The molecule has 11 heteroatoms. The van der Waals surface area contributed by atoms with Gasteiger partial charge in [-0.1, -0.05) is 6.92 Å². The molecule has 0 unspecified atom stereocenters. The molecule has 2 aromatic rings. The molecule has 164 valence electrons. The molecule has 1 N–H and O–H groups in total.